The molecule has 1 aromatic rings. The molecule has 1 heterocycles. The molecule has 0 spiro atoms. The van der Waals surface area contributed by atoms with Gasteiger partial charge in [-0.15, -0.1) is 12.4 Å². The van der Waals surface area contributed by atoms with Crippen molar-refractivity contribution in [3.05, 3.63) is 28.2 Å². The number of carbonyl (C=O) groups is 1. The average molecular weight is 388 g/mol. The number of rotatable bonds is 3. The number of carbonyl (C=O) groups excluding carboxylic acids is 1. The lowest BCUT2D eigenvalue weighted by Crippen LogP contribution is -2.55. The van der Waals surface area contributed by atoms with Gasteiger partial charge in [0.1, 0.15) is 0 Å². The molecule has 0 aliphatic carbocycles. The van der Waals surface area contributed by atoms with Gasteiger partial charge in [-0.25, -0.2) is 8.42 Å². The van der Waals surface area contributed by atoms with Gasteiger partial charge >= 0.3 is 0 Å². The summed E-state index contributed by atoms with van der Waals surface area (Å²) in [7, 11) is -3.54. The first-order chi connectivity index (χ1) is 9.76. The van der Waals surface area contributed by atoms with Crippen molar-refractivity contribution in [1.29, 1.82) is 0 Å². The van der Waals surface area contributed by atoms with Gasteiger partial charge in [0.05, 0.1) is 10.0 Å². The molecule has 2 N–H and O–H groups in total. The summed E-state index contributed by atoms with van der Waals surface area (Å²) in [6.45, 7) is 0.976. The van der Waals surface area contributed by atoms with Gasteiger partial charge in [-0.1, -0.05) is 23.2 Å². The van der Waals surface area contributed by atoms with Crippen molar-refractivity contribution in [1.82, 2.24) is 5.32 Å². The third-order valence-corrected chi connectivity index (χ3v) is 6.46. The second-order valence-corrected chi connectivity index (χ2v) is 8.24. The Morgan fingerprint density at radius 3 is 2.32 bits per heavy atom. The quantitative estimate of drug-likeness (QED) is 0.835. The predicted octanol–water partition coefficient (Wildman–Crippen LogP) is 2.52. The maximum Gasteiger partial charge on any atom is 0.245 e. The predicted molar refractivity (Wildman–Crippen MR) is 92.0 cm³/mol. The van der Waals surface area contributed by atoms with Gasteiger partial charge in [-0.2, -0.15) is 0 Å². The van der Waals surface area contributed by atoms with Crippen LogP contribution in [-0.2, 0) is 14.6 Å². The highest BCUT2D eigenvalue weighted by Gasteiger charge is 2.48. The summed E-state index contributed by atoms with van der Waals surface area (Å²) < 4.78 is 22.9. The Bertz CT molecular complexity index is 658. The van der Waals surface area contributed by atoms with Gasteiger partial charge in [-0.3, -0.25) is 4.79 Å². The second-order valence-electron chi connectivity index (χ2n) is 5.10. The van der Waals surface area contributed by atoms with E-state index in [0.717, 1.165) is 6.26 Å². The van der Waals surface area contributed by atoms with E-state index in [9.17, 15) is 13.2 Å². The van der Waals surface area contributed by atoms with Crippen molar-refractivity contribution in [2.75, 3.05) is 24.7 Å². The van der Waals surface area contributed by atoms with Crippen LogP contribution in [0.25, 0.3) is 0 Å². The summed E-state index contributed by atoms with van der Waals surface area (Å²) in [5.41, 5.74) is 0.427. The first kappa shape index (κ1) is 19.5. The van der Waals surface area contributed by atoms with Crippen LogP contribution < -0.4 is 10.6 Å². The maximum atomic E-state index is 12.5. The number of piperidine rings is 1. The van der Waals surface area contributed by atoms with Crippen LogP contribution in [-0.4, -0.2) is 38.4 Å². The van der Waals surface area contributed by atoms with Crippen LogP contribution in [0.15, 0.2) is 18.2 Å². The molecule has 0 atom stereocenters. The number of anilines is 1. The fourth-order valence-corrected chi connectivity index (χ4v) is 4.05. The van der Waals surface area contributed by atoms with Crippen LogP contribution in [0.3, 0.4) is 0 Å². The average Bonchev–Trinajstić information content (AvgIpc) is 2.42. The summed E-state index contributed by atoms with van der Waals surface area (Å²) in [6, 6.07) is 4.64. The molecule has 1 amide bonds. The molecule has 2 rings (SSSR count). The highest BCUT2D eigenvalue weighted by atomic mass is 35.5. The fourth-order valence-electron chi connectivity index (χ4n) is 2.42. The van der Waals surface area contributed by atoms with E-state index in [0.29, 0.717) is 28.8 Å². The molecule has 9 heteroatoms. The van der Waals surface area contributed by atoms with Crippen molar-refractivity contribution < 1.29 is 13.2 Å². The first-order valence-corrected chi connectivity index (χ1v) is 9.08. The van der Waals surface area contributed by atoms with E-state index in [1.807, 2.05) is 0 Å². The van der Waals surface area contributed by atoms with E-state index in [2.05, 4.69) is 10.6 Å². The summed E-state index contributed by atoms with van der Waals surface area (Å²) in [4.78, 5) is 12.5. The van der Waals surface area contributed by atoms with Gasteiger partial charge in [0, 0.05) is 11.9 Å². The third kappa shape index (κ3) is 3.86. The van der Waals surface area contributed by atoms with Crippen molar-refractivity contribution in [3.63, 3.8) is 0 Å². The van der Waals surface area contributed by atoms with E-state index in [1.165, 1.54) is 6.07 Å². The Balaban J connectivity index is 0.00000242. The van der Waals surface area contributed by atoms with Crippen LogP contribution in [0.1, 0.15) is 12.8 Å². The van der Waals surface area contributed by atoms with Crippen LogP contribution in [0.2, 0.25) is 10.0 Å². The Hall–Kier alpha value is -0.530. The lowest BCUT2D eigenvalue weighted by Gasteiger charge is -2.34. The zero-order valence-electron chi connectivity index (χ0n) is 11.9. The molecular formula is C13H17Cl3N2O3S. The molecule has 0 radical (unpaired) electrons. The van der Waals surface area contributed by atoms with Crippen molar-refractivity contribution in [2.45, 2.75) is 17.6 Å². The van der Waals surface area contributed by atoms with Crippen LogP contribution >= 0.6 is 35.6 Å². The zero-order valence-corrected chi connectivity index (χ0v) is 15.0. The van der Waals surface area contributed by atoms with Gasteiger partial charge < -0.3 is 10.6 Å². The smallest absolute Gasteiger partial charge is 0.245 e. The first-order valence-electron chi connectivity index (χ1n) is 6.43. The Morgan fingerprint density at radius 1 is 1.23 bits per heavy atom. The molecule has 5 nitrogen and oxygen atoms in total. The highest BCUT2D eigenvalue weighted by Crippen LogP contribution is 2.31. The second kappa shape index (κ2) is 7.36. The minimum absolute atomic E-state index is 0. The molecule has 1 aliphatic heterocycles. The van der Waals surface area contributed by atoms with E-state index in [1.54, 1.807) is 12.1 Å². The molecule has 1 saturated heterocycles. The highest BCUT2D eigenvalue weighted by molar-refractivity contribution is 7.92. The van der Waals surface area contributed by atoms with Crippen molar-refractivity contribution in [3.8, 4) is 0 Å². The van der Waals surface area contributed by atoms with Gasteiger partial charge in [0.25, 0.3) is 0 Å². The molecule has 1 aromatic carbocycles. The number of benzene rings is 1. The molecular weight excluding hydrogens is 371 g/mol. The zero-order chi connectivity index (χ0) is 15.7. The van der Waals surface area contributed by atoms with Crippen LogP contribution in [0, 0.1) is 0 Å². The van der Waals surface area contributed by atoms with Crippen molar-refractivity contribution in [2.24, 2.45) is 0 Å². The number of hydrogen-bond acceptors (Lipinski definition) is 4. The Morgan fingerprint density at radius 2 is 1.82 bits per heavy atom. The summed E-state index contributed by atoms with van der Waals surface area (Å²) in [5, 5.41) is 6.37. The van der Waals surface area contributed by atoms with E-state index < -0.39 is 20.5 Å². The molecule has 0 aromatic heterocycles. The van der Waals surface area contributed by atoms with Gasteiger partial charge in [-0.05, 0) is 44.1 Å². The molecule has 0 bridgehead atoms. The van der Waals surface area contributed by atoms with E-state index >= 15 is 0 Å². The Kier molecular flexibility index (Phi) is 6.53. The third-order valence-electron chi connectivity index (χ3n) is 3.71. The Labute approximate surface area is 146 Å². The van der Waals surface area contributed by atoms with Crippen molar-refractivity contribution >= 4 is 57.0 Å². The monoisotopic (exact) mass is 386 g/mol. The number of sulfone groups is 1. The number of halogens is 3. The minimum Gasteiger partial charge on any atom is -0.325 e. The molecule has 0 unspecified atom stereocenters. The summed E-state index contributed by atoms with van der Waals surface area (Å²) >= 11 is 11.7. The largest absolute Gasteiger partial charge is 0.325 e. The molecule has 1 aliphatic rings. The number of amides is 1. The SMILES string of the molecule is CS(=O)(=O)C1(C(=O)Nc2ccc(Cl)c(Cl)c2)CCNCC1.Cl. The van der Waals surface area contributed by atoms with E-state index in [4.69, 9.17) is 23.2 Å². The minimum atomic E-state index is -3.54. The standard InChI is InChI=1S/C13H16Cl2N2O3S.ClH/c1-21(19,20)13(4-6-16-7-5-13)12(18)17-9-2-3-10(14)11(15)8-9;/h2-3,8,16H,4-7H2,1H3,(H,17,18);1H. The summed E-state index contributed by atoms with van der Waals surface area (Å²) in [5.74, 6) is -0.523. The lowest BCUT2D eigenvalue weighted by atomic mass is 9.95. The summed E-state index contributed by atoms with van der Waals surface area (Å²) in [6.07, 6.45) is 1.60. The topological polar surface area (TPSA) is 75.3 Å². The number of nitrogens with one attached hydrogen (secondary N) is 2. The normalized spacial score (nSPS) is 17.4. The molecule has 0 saturated carbocycles. The maximum absolute atomic E-state index is 12.5. The fraction of sp³-hybridized carbons (Fsp3) is 0.462. The van der Waals surface area contributed by atoms with Crippen LogP contribution in [0.5, 0.6) is 0 Å². The lowest BCUT2D eigenvalue weighted by molar-refractivity contribution is -0.119. The number of hydrogen-bond donors (Lipinski definition) is 2. The molecule has 1 fully saturated rings. The van der Waals surface area contributed by atoms with E-state index in [-0.39, 0.29) is 25.2 Å². The van der Waals surface area contributed by atoms with Crippen LogP contribution in [0.4, 0.5) is 5.69 Å². The molecule has 124 valence electrons. The molecule has 22 heavy (non-hydrogen) atoms. The van der Waals surface area contributed by atoms with Gasteiger partial charge in [0.2, 0.25) is 5.91 Å². The van der Waals surface area contributed by atoms with Gasteiger partial charge in [0.15, 0.2) is 14.6 Å².